The second-order valence-corrected chi connectivity index (χ2v) is 4.42. The molecule has 0 saturated carbocycles. The maximum absolute atomic E-state index is 11.2. The predicted molar refractivity (Wildman–Crippen MR) is 81.5 cm³/mol. The number of carbonyl (C=O) groups is 1. The molecule has 7 heteroatoms. The van der Waals surface area contributed by atoms with Gasteiger partial charge in [-0.25, -0.2) is 9.48 Å². The largest absolute Gasteiger partial charge is 0.458 e. The van der Waals surface area contributed by atoms with Crippen LogP contribution in [0.2, 0.25) is 0 Å². The van der Waals surface area contributed by atoms with E-state index in [2.05, 4.69) is 15.5 Å². The Morgan fingerprint density at radius 3 is 2.77 bits per heavy atom. The van der Waals surface area contributed by atoms with Crippen molar-refractivity contribution in [3.8, 4) is 0 Å². The van der Waals surface area contributed by atoms with Gasteiger partial charge in [-0.05, 0) is 27.6 Å². The molecule has 0 unspecified atom stereocenters. The summed E-state index contributed by atoms with van der Waals surface area (Å²) in [5.41, 5.74) is 7.36. The first-order chi connectivity index (χ1) is 10.8. The molecular formula is C15H17N5O2. The molecule has 0 aliphatic rings. The number of aromatic nitrogens is 4. The average Bonchev–Trinajstić information content (AvgIpc) is 3.04. The quantitative estimate of drug-likeness (QED) is 0.600. The highest BCUT2D eigenvalue weighted by Crippen LogP contribution is 2.07. The van der Waals surface area contributed by atoms with Crippen LogP contribution in [0, 0.1) is 0 Å². The standard InChI is InChI=1S/C15H17N5O2/c16-9-1-4-15(21)22-10-2-3-13-5-7-14(8-6-13)11-20-12-17-18-19-20/h1-8,12H,9-11,16H2. The van der Waals surface area contributed by atoms with Crippen LogP contribution in [0.25, 0.3) is 6.08 Å². The molecule has 0 atom stereocenters. The zero-order valence-electron chi connectivity index (χ0n) is 12.0. The Morgan fingerprint density at radius 2 is 2.09 bits per heavy atom. The van der Waals surface area contributed by atoms with Crippen molar-refractivity contribution in [1.82, 2.24) is 20.2 Å². The lowest BCUT2D eigenvalue weighted by Gasteiger charge is -2.01. The summed E-state index contributed by atoms with van der Waals surface area (Å²) in [7, 11) is 0. The van der Waals surface area contributed by atoms with Crippen LogP contribution < -0.4 is 5.73 Å². The highest BCUT2D eigenvalue weighted by atomic mass is 16.5. The van der Waals surface area contributed by atoms with Crippen LogP contribution in [0.15, 0.2) is 48.8 Å². The third-order valence-corrected chi connectivity index (χ3v) is 2.74. The van der Waals surface area contributed by atoms with Gasteiger partial charge in [0.05, 0.1) is 6.54 Å². The van der Waals surface area contributed by atoms with Crippen molar-refractivity contribution >= 4 is 12.0 Å². The van der Waals surface area contributed by atoms with Gasteiger partial charge in [0.15, 0.2) is 0 Å². The van der Waals surface area contributed by atoms with Crippen molar-refractivity contribution in [1.29, 1.82) is 0 Å². The van der Waals surface area contributed by atoms with Crippen LogP contribution in [0.4, 0.5) is 0 Å². The Hall–Kier alpha value is -2.80. The topological polar surface area (TPSA) is 95.9 Å². The molecule has 2 N–H and O–H groups in total. The summed E-state index contributed by atoms with van der Waals surface area (Å²) in [4.78, 5) is 11.2. The second-order valence-electron chi connectivity index (χ2n) is 4.42. The number of esters is 1. The Kier molecular flexibility index (Phi) is 6.01. The number of hydrogen-bond acceptors (Lipinski definition) is 6. The summed E-state index contributed by atoms with van der Waals surface area (Å²) in [6.07, 6.45) is 8.11. The second kappa shape index (κ2) is 8.48. The maximum atomic E-state index is 11.2. The highest BCUT2D eigenvalue weighted by Gasteiger charge is 1.96. The average molecular weight is 299 g/mol. The summed E-state index contributed by atoms with van der Waals surface area (Å²) in [6.45, 7) is 1.17. The molecule has 7 nitrogen and oxygen atoms in total. The highest BCUT2D eigenvalue weighted by molar-refractivity contribution is 5.82. The Morgan fingerprint density at radius 1 is 1.27 bits per heavy atom. The van der Waals surface area contributed by atoms with Gasteiger partial charge >= 0.3 is 5.97 Å². The van der Waals surface area contributed by atoms with Gasteiger partial charge in [-0.15, -0.1) is 5.10 Å². The lowest BCUT2D eigenvalue weighted by atomic mass is 10.1. The van der Waals surface area contributed by atoms with E-state index in [9.17, 15) is 4.79 Å². The fraction of sp³-hybridized carbons (Fsp3) is 0.200. The van der Waals surface area contributed by atoms with E-state index in [1.54, 1.807) is 23.2 Å². The van der Waals surface area contributed by atoms with Gasteiger partial charge in [0.2, 0.25) is 0 Å². The zero-order valence-corrected chi connectivity index (χ0v) is 12.0. The smallest absolute Gasteiger partial charge is 0.330 e. The van der Waals surface area contributed by atoms with E-state index in [-0.39, 0.29) is 6.61 Å². The summed E-state index contributed by atoms with van der Waals surface area (Å²) < 4.78 is 6.62. The molecule has 2 rings (SSSR count). The number of ether oxygens (including phenoxy) is 1. The van der Waals surface area contributed by atoms with Crippen molar-refractivity contribution in [3.63, 3.8) is 0 Å². The molecule has 1 heterocycles. The van der Waals surface area contributed by atoms with Crippen molar-refractivity contribution in [2.24, 2.45) is 5.73 Å². The number of nitrogens with zero attached hydrogens (tertiary/aromatic N) is 4. The number of benzene rings is 1. The normalized spacial score (nSPS) is 11.3. The maximum Gasteiger partial charge on any atom is 0.330 e. The number of nitrogens with two attached hydrogens (primary N) is 1. The minimum atomic E-state index is -0.396. The van der Waals surface area contributed by atoms with Crippen LogP contribution in [0.3, 0.4) is 0 Å². The van der Waals surface area contributed by atoms with Crippen LogP contribution in [-0.2, 0) is 16.1 Å². The minimum Gasteiger partial charge on any atom is -0.458 e. The Labute approximate surface area is 128 Å². The monoisotopic (exact) mass is 299 g/mol. The van der Waals surface area contributed by atoms with Crippen molar-refractivity contribution in [3.05, 3.63) is 59.9 Å². The third-order valence-electron chi connectivity index (χ3n) is 2.74. The fourth-order valence-electron chi connectivity index (χ4n) is 1.70. The van der Waals surface area contributed by atoms with Gasteiger partial charge in [0.25, 0.3) is 0 Å². The van der Waals surface area contributed by atoms with E-state index in [0.717, 1.165) is 11.1 Å². The summed E-state index contributed by atoms with van der Waals surface area (Å²) in [5.74, 6) is -0.396. The lowest BCUT2D eigenvalue weighted by Crippen LogP contribution is -2.02. The van der Waals surface area contributed by atoms with E-state index in [1.807, 2.05) is 30.3 Å². The minimum absolute atomic E-state index is 0.222. The molecule has 0 radical (unpaired) electrons. The lowest BCUT2D eigenvalue weighted by molar-refractivity contribution is -0.136. The van der Waals surface area contributed by atoms with E-state index in [1.165, 1.54) is 6.08 Å². The van der Waals surface area contributed by atoms with Gasteiger partial charge in [-0.3, -0.25) is 0 Å². The molecule has 0 saturated heterocycles. The third kappa shape index (κ3) is 5.29. The number of tetrazole rings is 1. The Balaban J connectivity index is 1.79. The summed E-state index contributed by atoms with van der Waals surface area (Å²) in [6, 6.07) is 7.95. The molecular weight excluding hydrogens is 282 g/mol. The summed E-state index contributed by atoms with van der Waals surface area (Å²) in [5, 5.41) is 11.0. The number of rotatable bonds is 7. The van der Waals surface area contributed by atoms with E-state index in [0.29, 0.717) is 13.1 Å². The van der Waals surface area contributed by atoms with Crippen LogP contribution in [-0.4, -0.2) is 39.3 Å². The van der Waals surface area contributed by atoms with Crippen molar-refractivity contribution in [2.45, 2.75) is 6.54 Å². The molecule has 22 heavy (non-hydrogen) atoms. The van der Waals surface area contributed by atoms with Gasteiger partial charge in [0.1, 0.15) is 12.9 Å². The van der Waals surface area contributed by atoms with E-state index < -0.39 is 5.97 Å². The molecule has 114 valence electrons. The first-order valence-corrected chi connectivity index (χ1v) is 6.77. The molecule has 0 bridgehead atoms. The van der Waals surface area contributed by atoms with Crippen molar-refractivity contribution in [2.75, 3.05) is 13.2 Å². The zero-order chi connectivity index (χ0) is 15.6. The first kappa shape index (κ1) is 15.6. The van der Waals surface area contributed by atoms with Crippen LogP contribution >= 0.6 is 0 Å². The van der Waals surface area contributed by atoms with Gasteiger partial charge < -0.3 is 10.5 Å². The van der Waals surface area contributed by atoms with Crippen molar-refractivity contribution < 1.29 is 9.53 Å². The van der Waals surface area contributed by atoms with Crippen LogP contribution in [0.5, 0.6) is 0 Å². The number of hydrogen-bond donors (Lipinski definition) is 1. The van der Waals surface area contributed by atoms with Gasteiger partial charge in [-0.1, -0.05) is 36.4 Å². The summed E-state index contributed by atoms with van der Waals surface area (Å²) >= 11 is 0. The molecule has 0 spiro atoms. The number of carbonyl (C=O) groups excluding carboxylic acids is 1. The van der Waals surface area contributed by atoms with Gasteiger partial charge in [0, 0.05) is 12.6 Å². The molecule has 1 aromatic carbocycles. The molecule has 1 aromatic heterocycles. The van der Waals surface area contributed by atoms with Crippen LogP contribution in [0.1, 0.15) is 11.1 Å². The predicted octanol–water partition coefficient (Wildman–Crippen LogP) is 0.793. The molecule has 2 aromatic rings. The molecule has 0 aliphatic carbocycles. The first-order valence-electron chi connectivity index (χ1n) is 6.77. The molecule has 0 amide bonds. The fourth-order valence-corrected chi connectivity index (χ4v) is 1.70. The van der Waals surface area contributed by atoms with E-state index in [4.69, 9.17) is 10.5 Å². The molecule has 0 fully saturated rings. The van der Waals surface area contributed by atoms with Gasteiger partial charge in [-0.2, -0.15) is 0 Å². The Bertz CT molecular complexity index is 632. The van der Waals surface area contributed by atoms with E-state index >= 15 is 0 Å². The molecule has 0 aliphatic heterocycles. The SMILES string of the molecule is NCC=CC(=O)OCC=Cc1ccc(Cn2cnnn2)cc1.